The largest absolute Gasteiger partial charge is 0.489 e. The maximum Gasteiger partial charge on any atom is 0.276 e. The van der Waals surface area contributed by atoms with Crippen molar-refractivity contribution < 1.29 is 13.2 Å². The molecule has 0 saturated heterocycles. The van der Waals surface area contributed by atoms with Crippen LogP contribution < -0.4 is 9.57 Å². The van der Waals surface area contributed by atoms with E-state index in [1.54, 1.807) is 30.3 Å². The number of halogens is 1. The number of nitrogens with one attached hydrogen (secondary N) is 1. The summed E-state index contributed by atoms with van der Waals surface area (Å²) in [5.74, 6) is 0.672. The highest BCUT2D eigenvalue weighted by Crippen LogP contribution is 2.17. The Labute approximate surface area is 173 Å². The topological polar surface area (TPSA) is 67.8 Å². The molecule has 0 aromatic heterocycles. The molecular weight excluding hydrogens is 440 g/mol. The molecule has 0 radical (unpaired) electrons. The van der Waals surface area contributed by atoms with Crippen molar-refractivity contribution in [1.29, 1.82) is 0 Å². The van der Waals surface area contributed by atoms with Crippen molar-refractivity contribution in [2.45, 2.75) is 18.4 Å². The highest BCUT2D eigenvalue weighted by atomic mass is 79.9. The van der Waals surface area contributed by atoms with E-state index < -0.39 is 10.0 Å². The molecule has 0 fully saturated rings. The molecule has 144 valence electrons. The lowest BCUT2D eigenvalue weighted by Gasteiger charge is -2.07. The van der Waals surface area contributed by atoms with Crippen LogP contribution in [-0.2, 0) is 16.6 Å². The standard InChI is InChI=1S/C21H19BrN2O3S/c1-16-8-10-21(11-9-16)28(25,26)24-23-14-17-4-3-7-20(13-17)27-15-18-5-2-6-19(22)12-18/h2-14,24H,15H2,1H3/b23-14-. The van der Waals surface area contributed by atoms with Gasteiger partial charge in [-0.15, -0.1) is 0 Å². The molecule has 5 nitrogen and oxygen atoms in total. The molecule has 0 spiro atoms. The van der Waals surface area contributed by atoms with Crippen molar-refractivity contribution in [3.8, 4) is 5.75 Å². The highest BCUT2D eigenvalue weighted by Gasteiger charge is 2.11. The maximum absolute atomic E-state index is 12.2. The highest BCUT2D eigenvalue weighted by molar-refractivity contribution is 9.10. The minimum absolute atomic E-state index is 0.168. The van der Waals surface area contributed by atoms with Crippen molar-refractivity contribution in [2.75, 3.05) is 0 Å². The lowest BCUT2D eigenvalue weighted by Crippen LogP contribution is -2.18. The zero-order valence-electron chi connectivity index (χ0n) is 15.2. The molecule has 0 aliphatic carbocycles. The van der Waals surface area contributed by atoms with E-state index in [-0.39, 0.29) is 4.90 Å². The molecule has 28 heavy (non-hydrogen) atoms. The second kappa shape index (κ2) is 9.03. The first-order valence-corrected chi connectivity index (χ1v) is 10.8. The van der Waals surface area contributed by atoms with Gasteiger partial charge >= 0.3 is 0 Å². The van der Waals surface area contributed by atoms with E-state index >= 15 is 0 Å². The molecule has 3 aromatic rings. The summed E-state index contributed by atoms with van der Waals surface area (Å²) in [7, 11) is -3.69. The summed E-state index contributed by atoms with van der Waals surface area (Å²) in [4.78, 5) is 2.39. The Bertz CT molecular complexity index is 1080. The number of hydrazone groups is 1. The number of benzene rings is 3. The van der Waals surface area contributed by atoms with Gasteiger partial charge in [-0.2, -0.15) is 13.5 Å². The summed E-state index contributed by atoms with van der Waals surface area (Å²) in [6, 6.07) is 21.7. The van der Waals surface area contributed by atoms with Crippen LogP contribution in [0.25, 0.3) is 0 Å². The lowest BCUT2D eigenvalue weighted by molar-refractivity contribution is 0.306. The fraction of sp³-hybridized carbons (Fsp3) is 0.0952. The van der Waals surface area contributed by atoms with Gasteiger partial charge in [-0.1, -0.05) is 57.9 Å². The number of hydrogen-bond acceptors (Lipinski definition) is 4. The zero-order chi connectivity index (χ0) is 20.0. The average molecular weight is 459 g/mol. The van der Waals surface area contributed by atoms with Crippen LogP contribution in [0.4, 0.5) is 0 Å². The van der Waals surface area contributed by atoms with Crippen molar-refractivity contribution >= 4 is 32.2 Å². The number of rotatable bonds is 7. The van der Waals surface area contributed by atoms with E-state index in [2.05, 4.69) is 25.9 Å². The van der Waals surface area contributed by atoms with E-state index in [1.807, 2.05) is 49.4 Å². The average Bonchev–Trinajstić information content (AvgIpc) is 2.67. The predicted octanol–water partition coefficient (Wildman–Crippen LogP) is 4.65. The number of ether oxygens (including phenoxy) is 1. The number of aryl methyl sites for hydroxylation is 1. The van der Waals surface area contributed by atoms with Crippen molar-refractivity contribution in [3.63, 3.8) is 0 Å². The van der Waals surface area contributed by atoms with Crippen LogP contribution in [0, 0.1) is 6.92 Å². The van der Waals surface area contributed by atoms with Gasteiger partial charge in [0, 0.05) is 4.47 Å². The zero-order valence-corrected chi connectivity index (χ0v) is 17.6. The summed E-state index contributed by atoms with van der Waals surface area (Å²) >= 11 is 3.44. The molecule has 0 saturated carbocycles. The molecule has 0 aliphatic heterocycles. The van der Waals surface area contributed by atoms with Crippen molar-refractivity contribution in [2.24, 2.45) is 5.10 Å². The minimum atomic E-state index is -3.69. The van der Waals surface area contributed by atoms with Crippen LogP contribution in [0.15, 0.2) is 87.3 Å². The lowest BCUT2D eigenvalue weighted by atomic mass is 10.2. The summed E-state index contributed by atoms with van der Waals surface area (Å²) < 4.78 is 31.3. The van der Waals surface area contributed by atoms with Crippen LogP contribution in [-0.4, -0.2) is 14.6 Å². The van der Waals surface area contributed by atoms with Gasteiger partial charge < -0.3 is 4.74 Å². The predicted molar refractivity (Wildman–Crippen MR) is 114 cm³/mol. The van der Waals surface area contributed by atoms with Crippen molar-refractivity contribution in [3.05, 3.63) is 94.0 Å². The summed E-state index contributed by atoms with van der Waals surface area (Å²) in [5.41, 5.74) is 2.75. The van der Waals surface area contributed by atoms with Gasteiger partial charge in [0.1, 0.15) is 12.4 Å². The smallest absolute Gasteiger partial charge is 0.276 e. The Morgan fingerprint density at radius 1 is 1.04 bits per heavy atom. The number of hydrogen-bond donors (Lipinski definition) is 1. The molecule has 0 heterocycles. The SMILES string of the molecule is Cc1ccc(S(=O)(=O)N/N=C\c2cccc(OCc3cccc(Br)c3)c2)cc1. The van der Waals surface area contributed by atoms with E-state index in [0.29, 0.717) is 12.4 Å². The molecule has 0 unspecified atom stereocenters. The third-order valence-corrected chi connectivity index (χ3v) is 5.60. The van der Waals surface area contributed by atoms with Gasteiger partial charge in [-0.05, 0) is 54.4 Å². The maximum atomic E-state index is 12.2. The Kier molecular flexibility index (Phi) is 6.49. The molecule has 1 N–H and O–H groups in total. The molecule has 3 aromatic carbocycles. The first-order valence-electron chi connectivity index (χ1n) is 8.51. The number of sulfonamides is 1. The van der Waals surface area contributed by atoms with Gasteiger partial charge in [0.05, 0.1) is 11.1 Å². The Balaban J connectivity index is 1.63. The fourth-order valence-corrected chi connectivity index (χ4v) is 3.66. The third kappa shape index (κ3) is 5.68. The fourth-order valence-electron chi connectivity index (χ4n) is 2.42. The van der Waals surface area contributed by atoms with Gasteiger partial charge in [-0.3, -0.25) is 0 Å². The molecule has 0 bridgehead atoms. The quantitative estimate of drug-likeness (QED) is 0.413. The second-order valence-electron chi connectivity index (χ2n) is 6.16. The van der Waals surface area contributed by atoms with Gasteiger partial charge in [-0.25, -0.2) is 4.83 Å². The summed E-state index contributed by atoms with van der Waals surface area (Å²) in [6.07, 6.45) is 1.44. The van der Waals surface area contributed by atoms with Gasteiger partial charge in [0.2, 0.25) is 0 Å². The Hall–Kier alpha value is -2.64. The van der Waals surface area contributed by atoms with Gasteiger partial charge in [0.15, 0.2) is 0 Å². The molecule has 0 aliphatic rings. The third-order valence-electron chi connectivity index (χ3n) is 3.87. The van der Waals surface area contributed by atoms with Crippen LogP contribution >= 0.6 is 15.9 Å². The van der Waals surface area contributed by atoms with Crippen LogP contribution in [0.5, 0.6) is 5.75 Å². The Morgan fingerprint density at radius 3 is 2.54 bits per heavy atom. The summed E-state index contributed by atoms with van der Waals surface area (Å²) in [6.45, 7) is 2.33. The minimum Gasteiger partial charge on any atom is -0.489 e. The molecule has 3 rings (SSSR count). The van der Waals surface area contributed by atoms with Crippen LogP contribution in [0.3, 0.4) is 0 Å². The second-order valence-corrected chi connectivity index (χ2v) is 8.73. The molecule has 0 atom stereocenters. The monoisotopic (exact) mass is 458 g/mol. The first kappa shape index (κ1) is 20.1. The van der Waals surface area contributed by atoms with Crippen LogP contribution in [0.2, 0.25) is 0 Å². The first-order chi connectivity index (χ1) is 13.4. The molecular formula is C21H19BrN2O3S. The van der Waals surface area contributed by atoms with Gasteiger partial charge in [0.25, 0.3) is 10.0 Å². The molecule has 0 amide bonds. The number of nitrogens with zero attached hydrogens (tertiary/aromatic N) is 1. The molecule has 7 heteroatoms. The normalized spacial score (nSPS) is 11.5. The summed E-state index contributed by atoms with van der Waals surface area (Å²) in [5, 5.41) is 3.86. The van der Waals surface area contributed by atoms with E-state index in [0.717, 1.165) is 21.2 Å². The van der Waals surface area contributed by atoms with Crippen molar-refractivity contribution in [1.82, 2.24) is 4.83 Å². The van der Waals surface area contributed by atoms with E-state index in [1.165, 1.54) is 6.21 Å². The van der Waals surface area contributed by atoms with E-state index in [9.17, 15) is 8.42 Å². The Morgan fingerprint density at radius 2 is 1.79 bits per heavy atom. The van der Waals surface area contributed by atoms with Crippen LogP contribution in [0.1, 0.15) is 16.7 Å². The van der Waals surface area contributed by atoms with E-state index in [4.69, 9.17) is 4.74 Å².